The summed E-state index contributed by atoms with van der Waals surface area (Å²) in [6.07, 6.45) is 6.97. The fraction of sp³-hybridized carbons (Fsp3) is 0.393. The zero-order valence-corrected chi connectivity index (χ0v) is 20.2. The summed E-state index contributed by atoms with van der Waals surface area (Å²) in [5, 5.41) is 4.07. The second kappa shape index (κ2) is 10.5. The maximum absolute atomic E-state index is 13.7. The van der Waals surface area contributed by atoms with Crippen molar-refractivity contribution in [3.8, 4) is 0 Å². The van der Waals surface area contributed by atoms with Gasteiger partial charge in [0.15, 0.2) is 0 Å². The number of carbonyl (C=O) groups excluding carboxylic acids is 2. The van der Waals surface area contributed by atoms with Gasteiger partial charge in [-0.15, -0.1) is 0 Å². The van der Waals surface area contributed by atoms with E-state index in [0.29, 0.717) is 24.1 Å². The molecule has 1 saturated carbocycles. The van der Waals surface area contributed by atoms with E-state index < -0.39 is 0 Å². The predicted molar refractivity (Wildman–Crippen MR) is 135 cm³/mol. The Kier molecular flexibility index (Phi) is 7.05. The summed E-state index contributed by atoms with van der Waals surface area (Å²) in [7, 11) is 0. The van der Waals surface area contributed by atoms with Gasteiger partial charge in [0, 0.05) is 31.4 Å². The second-order valence-electron chi connectivity index (χ2n) is 9.44. The first kappa shape index (κ1) is 22.8. The SMILES string of the molecule is O=C(Cc1ccsc1)N1CCC([C@H](Cc2ccccc2)N(C(=O)c2ccccn2)C2CC2)CC1. The molecule has 1 aromatic carbocycles. The lowest BCUT2D eigenvalue weighted by molar-refractivity contribution is -0.132. The molecule has 2 aromatic heterocycles. The molecule has 0 N–H and O–H groups in total. The molecule has 5 nitrogen and oxygen atoms in total. The summed E-state index contributed by atoms with van der Waals surface area (Å²) in [6, 6.07) is 18.5. The zero-order chi connectivity index (χ0) is 23.3. The van der Waals surface area contributed by atoms with Crippen molar-refractivity contribution in [2.45, 2.75) is 50.6 Å². The van der Waals surface area contributed by atoms with Crippen molar-refractivity contribution in [2.24, 2.45) is 5.92 Å². The van der Waals surface area contributed by atoms with Gasteiger partial charge >= 0.3 is 0 Å². The average Bonchev–Trinajstić information content (AvgIpc) is 3.59. The first-order valence-electron chi connectivity index (χ1n) is 12.3. The normalized spacial score (nSPS) is 17.4. The highest BCUT2D eigenvalue weighted by atomic mass is 32.1. The quantitative estimate of drug-likeness (QED) is 0.470. The molecule has 3 heterocycles. The Morgan fingerprint density at radius 1 is 0.971 bits per heavy atom. The van der Waals surface area contributed by atoms with Gasteiger partial charge in [0.2, 0.25) is 5.91 Å². The fourth-order valence-corrected chi connectivity index (χ4v) is 5.79. The maximum atomic E-state index is 13.7. The van der Waals surface area contributed by atoms with E-state index in [0.717, 1.165) is 50.8 Å². The number of thiophene rings is 1. The van der Waals surface area contributed by atoms with E-state index in [1.807, 2.05) is 40.6 Å². The molecule has 5 rings (SSSR count). The Labute approximate surface area is 205 Å². The number of hydrogen-bond acceptors (Lipinski definition) is 4. The fourth-order valence-electron chi connectivity index (χ4n) is 5.12. The van der Waals surface area contributed by atoms with Gasteiger partial charge < -0.3 is 9.80 Å². The number of benzene rings is 1. The van der Waals surface area contributed by atoms with Crippen molar-refractivity contribution in [1.82, 2.24) is 14.8 Å². The number of amides is 2. The summed E-state index contributed by atoms with van der Waals surface area (Å²) in [5.41, 5.74) is 2.87. The largest absolute Gasteiger partial charge is 0.342 e. The third kappa shape index (κ3) is 5.39. The van der Waals surface area contributed by atoms with Crippen LogP contribution < -0.4 is 0 Å². The van der Waals surface area contributed by atoms with Crippen LogP contribution in [0.4, 0.5) is 0 Å². The minimum atomic E-state index is 0.0417. The van der Waals surface area contributed by atoms with Crippen LogP contribution in [0.5, 0.6) is 0 Å². The van der Waals surface area contributed by atoms with Crippen LogP contribution in [-0.2, 0) is 17.6 Å². The van der Waals surface area contributed by atoms with Crippen LogP contribution in [-0.4, -0.2) is 51.8 Å². The van der Waals surface area contributed by atoms with Crippen LogP contribution in [0.3, 0.4) is 0 Å². The molecule has 0 spiro atoms. The lowest BCUT2D eigenvalue weighted by Crippen LogP contribution is -2.51. The molecule has 1 saturated heterocycles. The van der Waals surface area contributed by atoms with Crippen LogP contribution in [0, 0.1) is 5.92 Å². The summed E-state index contributed by atoms with van der Waals surface area (Å²) in [5.74, 6) is 0.610. The molecule has 1 aliphatic heterocycles. The van der Waals surface area contributed by atoms with Crippen molar-refractivity contribution >= 4 is 23.2 Å². The van der Waals surface area contributed by atoms with E-state index in [1.54, 1.807) is 17.5 Å². The molecule has 2 amide bonds. The standard InChI is InChI=1S/C28H31N3O2S/c32-27(19-22-13-17-34-20-22)30-15-11-23(12-16-30)26(18-21-6-2-1-3-7-21)31(24-9-10-24)28(33)25-8-4-5-14-29-25/h1-8,13-14,17,20,23-24,26H,9-12,15-16,18-19H2/t26-/m0/s1. The third-order valence-corrected chi connectivity index (χ3v) is 7.81. The molecule has 2 fully saturated rings. The number of pyridine rings is 1. The van der Waals surface area contributed by atoms with E-state index in [4.69, 9.17) is 0 Å². The van der Waals surface area contributed by atoms with E-state index in [2.05, 4.69) is 39.5 Å². The number of likely N-dealkylation sites (tertiary alicyclic amines) is 1. The summed E-state index contributed by atoms with van der Waals surface area (Å²) in [4.78, 5) is 35.0. The van der Waals surface area contributed by atoms with Crippen molar-refractivity contribution in [3.05, 3.63) is 88.4 Å². The Morgan fingerprint density at radius 3 is 2.38 bits per heavy atom. The molecule has 1 atom stereocenters. The lowest BCUT2D eigenvalue weighted by atomic mass is 9.84. The van der Waals surface area contributed by atoms with Crippen molar-refractivity contribution in [3.63, 3.8) is 0 Å². The predicted octanol–water partition coefficient (Wildman–Crippen LogP) is 4.84. The van der Waals surface area contributed by atoms with Gasteiger partial charge in [0.05, 0.1) is 6.42 Å². The number of piperidine rings is 1. The first-order chi connectivity index (χ1) is 16.7. The molecule has 6 heteroatoms. The Bertz CT molecular complexity index is 1080. The minimum absolute atomic E-state index is 0.0417. The van der Waals surface area contributed by atoms with Crippen molar-refractivity contribution < 1.29 is 9.59 Å². The molecule has 176 valence electrons. The Balaban J connectivity index is 1.34. The topological polar surface area (TPSA) is 53.5 Å². The van der Waals surface area contributed by atoms with Gasteiger partial charge in [-0.25, -0.2) is 0 Å². The highest BCUT2D eigenvalue weighted by Crippen LogP contribution is 2.36. The first-order valence-corrected chi connectivity index (χ1v) is 13.2. The third-order valence-electron chi connectivity index (χ3n) is 7.08. The van der Waals surface area contributed by atoms with E-state index >= 15 is 0 Å². The Hall–Kier alpha value is -2.99. The Morgan fingerprint density at radius 2 is 1.74 bits per heavy atom. The zero-order valence-electron chi connectivity index (χ0n) is 19.4. The van der Waals surface area contributed by atoms with Crippen LogP contribution in [0.1, 0.15) is 47.3 Å². The summed E-state index contributed by atoms with van der Waals surface area (Å²) >= 11 is 1.63. The van der Waals surface area contributed by atoms with Gasteiger partial charge in [-0.1, -0.05) is 36.4 Å². The van der Waals surface area contributed by atoms with Crippen molar-refractivity contribution in [2.75, 3.05) is 13.1 Å². The van der Waals surface area contributed by atoms with Gasteiger partial charge in [-0.3, -0.25) is 14.6 Å². The molecule has 0 unspecified atom stereocenters. The molecule has 2 aliphatic rings. The molecule has 34 heavy (non-hydrogen) atoms. The highest BCUT2D eigenvalue weighted by Gasteiger charge is 2.42. The molecule has 3 aromatic rings. The molecular formula is C28H31N3O2S. The summed E-state index contributed by atoms with van der Waals surface area (Å²) in [6.45, 7) is 1.52. The smallest absolute Gasteiger partial charge is 0.272 e. The second-order valence-corrected chi connectivity index (χ2v) is 10.2. The van der Waals surface area contributed by atoms with Crippen LogP contribution in [0.15, 0.2) is 71.6 Å². The highest BCUT2D eigenvalue weighted by molar-refractivity contribution is 7.08. The average molecular weight is 474 g/mol. The van der Waals surface area contributed by atoms with Crippen molar-refractivity contribution in [1.29, 1.82) is 0 Å². The van der Waals surface area contributed by atoms with E-state index in [1.165, 1.54) is 5.56 Å². The van der Waals surface area contributed by atoms with E-state index in [-0.39, 0.29) is 17.9 Å². The number of carbonyl (C=O) groups is 2. The molecule has 0 bridgehead atoms. The number of aromatic nitrogens is 1. The van der Waals surface area contributed by atoms with Gasteiger partial charge in [-0.05, 0) is 78.1 Å². The minimum Gasteiger partial charge on any atom is -0.342 e. The monoisotopic (exact) mass is 473 g/mol. The number of hydrogen-bond donors (Lipinski definition) is 0. The molecule has 0 radical (unpaired) electrons. The number of rotatable bonds is 8. The molecular weight excluding hydrogens is 442 g/mol. The van der Waals surface area contributed by atoms with Crippen LogP contribution in [0.2, 0.25) is 0 Å². The maximum Gasteiger partial charge on any atom is 0.272 e. The van der Waals surface area contributed by atoms with Gasteiger partial charge in [-0.2, -0.15) is 11.3 Å². The van der Waals surface area contributed by atoms with Crippen LogP contribution >= 0.6 is 11.3 Å². The number of nitrogens with zero attached hydrogens (tertiary/aromatic N) is 3. The van der Waals surface area contributed by atoms with E-state index in [9.17, 15) is 9.59 Å². The van der Waals surface area contributed by atoms with Gasteiger partial charge in [0.25, 0.3) is 5.91 Å². The van der Waals surface area contributed by atoms with Gasteiger partial charge in [0.1, 0.15) is 5.69 Å². The van der Waals surface area contributed by atoms with Crippen LogP contribution in [0.25, 0.3) is 0 Å². The molecule has 1 aliphatic carbocycles. The summed E-state index contributed by atoms with van der Waals surface area (Å²) < 4.78 is 0. The lowest BCUT2D eigenvalue weighted by Gasteiger charge is -2.41.